The normalized spacial score (nSPS) is 14.2. The largest absolute Gasteiger partial charge is 0.472 e. The first-order valence-electron chi connectivity index (χ1n) is 41.5. The summed E-state index contributed by atoms with van der Waals surface area (Å²) >= 11 is 0. The molecule has 17 nitrogen and oxygen atoms in total. The van der Waals surface area contributed by atoms with E-state index in [-0.39, 0.29) is 25.7 Å². The molecule has 0 heterocycles. The van der Waals surface area contributed by atoms with Gasteiger partial charge in [0.05, 0.1) is 26.4 Å². The lowest BCUT2D eigenvalue weighted by Crippen LogP contribution is -2.30. The van der Waals surface area contributed by atoms with Crippen LogP contribution in [-0.2, 0) is 65.4 Å². The van der Waals surface area contributed by atoms with E-state index in [2.05, 4.69) is 41.5 Å². The highest BCUT2D eigenvalue weighted by Gasteiger charge is 2.30. The molecule has 6 atom stereocenters. The van der Waals surface area contributed by atoms with Gasteiger partial charge >= 0.3 is 39.5 Å². The molecule has 0 bridgehead atoms. The van der Waals surface area contributed by atoms with Crippen molar-refractivity contribution in [2.24, 2.45) is 11.8 Å². The Morgan fingerprint density at radius 3 is 0.768 bits per heavy atom. The summed E-state index contributed by atoms with van der Waals surface area (Å²) in [5.41, 5.74) is 0. The minimum absolute atomic E-state index is 0.106. The quantitative estimate of drug-likeness (QED) is 0.0222. The molecule has 0 aromatic heterocycles. The van der Waals surface area contributed by atoms with Crippen LogP contribution in [-0.4, -0.2) is 96.7 Å². The standard InChI is InChI=1S/C80H156O17P2/c1-7-10-12-14-16-18-20-22-23-24-25-29-33-39-45-51-57-63-78(83)91-68-75(96-79(84)64-58-52-46-40-34-30-27-26-28-31-37-43-49-55-61-73(6)9-3)70-94-98(86,87)92-66-74(81)67-93-99(88,89)95-71-76(97-80(85)65-59-53-47-41-35-36-42-48-54-60-72(4)5)69-90-77(82)62-56-50-44-38-32-21-19-17-15-13-11-8-2/h72-76,81H,7-71H2,1-6H3,(H,86,87)(H,88,89)/t73?,74-,75-,76-/m1/s1. The van der Waals surface area contributed by atoms with E-state index in [0.717, 1.165) is 102 Å². The summed E-state index contributed by atoms with van der Waals surface area (Å²) in [5.74, 6) is -0.526. The van der Waals surface area contributed by atoms with Gasteiger partial charge in [0, 0.05) is 25.7 Å². The molecule has 0 fully saturated rings. The van der Waals surface area contributed by atoms with Crippen molar-refractivity contribution in [3.8, 4) is 0 Å². The second kappa shape index (κ2) is 71.7. The van der Waals surface area contributed by atoms with Crippen molar-refractivity contribution in [2.75, 3.05) is 39.6 Å². The van der Waals surface area contributed by atoms with Crippen LogP contribution in [0.5, 0.6) is 0 Å². The van der Waals surface area contributed by atoms with Crippen molar-refractivity contribution in [3.05, 3.63) is 0 Å². The van der Waals surface area contributed by atoms with Crippen molar-refractivity contribution in [2.45, 2.75) is 439 Å². The van der Waals surface area contributed by atoms with Crippen LogP contribution < -0.4 is 0 Å². The van der Waals surface area contributed by atoms with Gasteiger partial charge in [0.1, 0.15) is 19.3 Å². The zero-order chi connectivity index (χ0) is 72.8. The Hall–Kier alpha value is -1.94. The lowest BCUT2D eigenvalue weighted by molar-refractivity contribution is -0.161. The second-order valence-electron chi connectivity index (χ2n) is 29.5. The zero-order valence-electron chi connectivity index (χ0n) is 64.8. The summed E-state index contributed by atoms with van der Waals surface area (Å²) < 4.78 is 68.7. The Balaban J connectivity index is 5.25. The maximum Gasteiger partial charge on any atom is 0.472 e. The van der Waals surface area contributed by atoms with Gasteiger partial charge in [0.25, 0.3) is 0 Å². The van der Waals surface area contributed by atoms with Gasteiger partial charge in [-0.25, -0.2) is 9.13 Å². The van der Waals surface area contributed by atoms with Crippen LogP contribution >= 0.6 is 15.6 Å². The molecule has 0 amide bonds. The number of rotatable bonds is 79. The minimum Gasteiger partial charge on any atom is -0.462 e. The number of unbranched alkanes of at least 4 members (excludes halogenated alkanes) is 48. The molecule has 588 valence electrons. The van der Waals surface area contributed by atoms with Crippen molar-refractivity contribution in [3.63, 3.8) is 0 Å². The van der Waals surface area contributed by atoms with Crippen LogP contribution in [0, 0.1) is 11.8 Å². The van der Waals surface area contributed by atoms with Crippen molar-refractivity contribution in [1.29, 1.82) is 0 Å². The summed E-state index contributed by atoms with van der Waals surface area (Å²) in [6.45, 7) is 9.66. The van der Waals surface area contributed by atoms with Crippen LogP contribution in [0.2, 0.25) is 0 Å². The lowest BCUT2D eigenvalue weighted by Gasteiger charge is -2.21. The van der Waals surface area contributed by atoms with Crippen LogP contribution in [0.4, 0.5) is 0 Å². The molecule has 0 rings (SSSR count). The fourth-order valence-corrected chi connectivity index (χ4v) is 13.9. The Bertz CT molecular complexity index is 1910. The van der Waals surface area contributed by atoms with Crippen LogP contribution in [0.1, 0.15) is 420 Å². The van der Waals surface area contributed by atoms with Crippen molar-refractivity contribution in [1.82, 2.24) is 0 Å². The molecule has 0 radical (unpaired) electrons. The van der Waals surface area contributed by atoms with Gasteiger partial charge in [0.2, 0.25) is 0 Å². The number of hydrogen-bond donors (Lipinski definition) is 3. The molecule has 0 spiro atoms. The highest BCUT2D eigenvalue weighted by atomic mass is 31.2. The van der Waals surface area contributed by atoms with Gasteiger partial charge in [-0.1, -0.05) is 369 Å². The molecule has 0 aromatic rings. The summed E-state index contributed by atoms with van der Waals surface area (Å²) in [5, 5.41) is 10.6. The summed E-state index contributed by atoms with van der Waals surface area (Å²) in [4.78, 5) is 73.0. The summed E-state index contributed by atoms with van der Waals surface area (Å²) in [7, 11) is -9.92. The van der Waals surface area contributed by atoms with E-state index in [9.17, 15) is 43.2 Å². The first-order chi connectivity index (χ1) is 47.9. The van der Waals surface area contributed by atoms with E-state index in [0.29, 0.717) is 25.7 Å². The average molecular weight is 1450 g/mol. The Morgan fingerprint density at radius 1 is 0.293 bits per heavy atom. The molecule has 0 saturated heterocycles. The number of phosphoric ester groups is 2. The predicted molar refractivity (Wildman–Crippen MR) is 405 cm³/mol. The molecule has 99 heavy (non-hydrogen) atoms. The molecule has 0 aromatic carbocycles. The highest BCUT2D eigenvalue weighted by Crippen LogP contribution is 2.45. The number of ether oxygens (including phenoxy) is 4. The first kappa shape index (κ1) is 97.1. The van der Waals surface area contributed by atoms with Crippen molar-refractivity contribution >= 4 is 39.5 Å². The molecule has 0 saturated carbocycles. The number of hydrogen-bond acceptors (Lipinski definition) is 15. The molecule has 0 aliphatic carbocycles. The maximum absolute atomic E-state index is 13.1. The number of carbonyl (C=O) groups excluding carboxylic acids is 4. The van der Waals surface area contributed by atoms with Gasteiger partial charge in [-0.05, 0) is 37.5 Å². The van der Waals surface area contributed by atoms with E-state index in [1.165, 1.54) is 238 Å². The third-order valence-corrected chi connectivity index (χ3v) is 21.0. The average Bonchev–Trinajstić information content (AvgIpc) is 1.01. The van der Waals surface area contributed by atoms with Crippen LogP contribution in [0.3, 0.4) is 0 Å². The summed E-state index contributed by atoms with van der Waals surface area (Å²) in [6, 6.07) is 0. The van der Waals surface area contributed by atoms with Gasteiger partial charge in [-0.2, -0.15) is 0 Å². The summed E-state index contributed by atoms with van der Waals surface area (Å²) in [6.07, 6.45) is 60.9. The van der Waals surface area contributed by atoms with Gasteiger partial charge in [-0.15, -0.1) is 0 Å². The predicted octanol–water partition coefficient (Wildman–Crippen LogP) is 23.9. The number of aliphatic hydroxyl groups is 1. The van der Waals surface area contributed by atoms with E-state index < -0.39 is 97.5 Å². The first-order valence-corrected chi connectivity index (χ1v) is 44.5. The molecule has 0 aliphatic rings. The Kier molecular flexibility index (Phi) is 70.3. The number of aliphatic hydroxyl groups excluding tert-OH is 1. The second-order valence-corrected chi connectivity index (χ2v) is 32.4. The highest BCUT2D eigenvalue weighted by molar-refractivity contribution is 7.47. The van der Waals surface area contributed by atoms with E-state index in [1.54, 1.807) is 0 Å². The Labute approximate surface area is 607 Å². The van der Waals surface area contributed by atoms with E-state index in [4.69, 9.17) is 37.0 Å². The topological polar surface area (TPSA) is 237 Å². The monoisotopic (exact) mass is 1450 g/mol. The smallest absolute Gasteiger partial charge is 0.462 e. The molecule has 3 unspecified atom stereocenters. The molecular weight excluding hydrogens is 1290 g/mol. The third-order valence-electron chi connectivity index (χ3n) is 19.1. The molecular formula is C80H156O17P2. The van der Waals surface area contributed by atoms with Crippen LogP contribution in [0.25, 0.3) is 0 Å². The number of phosphoric acid groups is 2. The van der Waals surface area contributed by atoms with Gasteiger partial charge in [0.15, 0.2) is 12.2 Å². The van der Waals surface area contributed by atoms with Gasteiger partial charge in [-0.3, -0.25) is 37.3 Å². The zero-order valence-corrected chi connectivity index (χ0v) is 66.6. The van der Waals surface area contributed by atoms with E-state index >= 15 is 0 Å². The SMILES string of the molecule is CCCCCCCCCCCCCCCCCCCC(=O)OC[C@H](COP(=O)(O)OC[C@@H](O)COP(=O)(O)OC[C@@H](COC(=O)CCCCCCCCCCCCCC)OC(=O)CCCCCCCCCCCC(C)C)OC(=O)CCCCCCCCCCCCCCCCC(C)CC. The number of carbonyl (C=O) groups is 4. The Morgan fingerprint density at radius 2 is 0.515 bits per heavy atom. The number of esters is 4. The maximum atomic E-state index is 13.1. The van der Waals surface area contributed by atoms with Crippen molar-refractivity contribution < 1.29 is 80.2 Å². The fourth-order valence-electron chi connectivity index (χ4n) is 12.3. The molecule has 3 N–H and O–H groups in total. The molecule has 0 aliphatic heterocycles. The minimum atomic E-state index is -4.96. The van der Waals surface area contributed by atoms with Crippen LogP contribution in [0.15, 0.2) is 0 Å². The lowest BCUT2D eigenvalue weighted by atomic mass is 9.99. The van der Waals surface area contributed by atoms with Gasteiger partial charge < -0.3 is 33.8 Å². The van der Waals surface area contributed by atoms with E-state index in [1.807, 2.05) is 0 Å². The fraction of sp³-hybridized carbons (Fsp3) is 0.950. The molecule has 19 heteroatoms. The third kappa shape index (κ3) is 72.8.